The molecule has 4 nitrogen and oxygen atoms in total. The molecule has 19 heavy (non-hydrogen) atoms. The van der Waals surface area contributed by atoms with Crippen molar-refractivity contribution in [2.24, 2.45) is 18.7 Å². The summed E-state index contributed by atoms with van der Waals surface area (Å²) in [6.45, 7) is 5.15. The fourth-order valence-electron chi connectivity index (χ4n) is 2.60. The minimum absolute atomic E-state index is 0.0594. The lowest BCUT2D eigenvalue weighted by atomic mass is 9.91. The molecule has 1 heterocycles. The van der Waals surface area contributed by atoms with Gasteiger partial charge >= 0.3 is 0 Å². The van der Waals surface area contributed by atoms with Crippen LogP contribution in [0.3, 0.4) is 0 Å². The van der Waals surface area contributed by atoms with Crippen LogP contribution in [-0.2, 0) is 7.05 Å². The van der Waals surface area contributed by atoms with Gasteiger partial charge in [0.1, 0.15) is 5.82 Å². The topological polar surface area (TPSA) is 55.9 Å². The number of aryl methyl sites for hydroxylation is 2. The molecule has 2 aromatic rings. The molecular formula is C15H24N4. The molecule has 0 saturated carbocycles. The maximum atomic E-state index is 6.40. The molecule has 0 aliphatic heterocycles. The van der Waals surface area contributed by atoms with E-state index in [4.69, 9.17) is 5.73 Å². The van der Waals surface area contributed by atoms with Crippen LogP contribution in [0.4, 0.5) is 0 Å². The summed E-state index contributed by atoms with van der Waals surface area (Å²) in [5.41, 5.74) is 9.77. The zero-order chi connectivity index (χ0) is 14.0. The zero-order valence-electron chi connectivity index (χ0n) is 12.3. The molecule has 0 bridgehead atoms. The Bertz CT molecular complexity index is 559. The van der Waals surface area contributed by atoms with Gasteiger partial charge in [0.25, 0.3) is 0 Å². The number of hydrogen-bond donors (Lipinski definition) is 2. The summed E-state index contributed by atoms with van der Waals surface area (Å²) in [6, 6.07) is 6.44. The zero-order valence-corrected chi connectivity index (χ0v) is 12.3. The van der Waals surface area contributed by atoms with Gasteiger partial charge in [-0.25, -0.2) is 4.98 Å². The van der Waals surface area contributed by atoms with Crippen LogP contribution in [0.25, 0.3) is 11.0 Å². The Labute approximate surface area is 115 Å². The van der Waals surface area contributed by atoms with Crippen molar-refractivity contribution < 1.29 is 0 Å². The van der Waals surface area contributed by atoms with Crippen LogP contribution in [0.15, 0.2) is 18.2 Å². The number of nitrogens with one attached hydrogen (secondary N) is 1. The SMILES string of the molecule is CCC(CNC)C(N)c1ccc2c(c1)nc(C)n2C. The molecule has 0 spiro atoms. The molecule has 0 radical (unpaired) electrons. The Morgan fingerprint density at radius 3 is 2.79 bits per heavy atom. The molecule has 0 aliphatic carbocycles. The highest BCUT2D eigenvalue weighted by atomic mass is 15.0. The molecule has 2 atom stereocenters. The summed E-state index contributed by atoms with van der Waals surface area (Å²) in [5, 5.41) is 3.22. The molecule has 0 saturated heterocycles. The lowest BCUT2D eigenvalue weighted by Gasteiger charge is -2.22. The van der Waals surface area contributed by atoms with Crippen LogP contribution in [0.5, 0.6) is 0 Å². The average Bonchev–Trinajstić information content (AvgIpc) is 2.70. The van der Waals surface area contributed by atoms with E-state index in [1.807, 2.05) is 21.0 Å². The van der Waals surface area contributed by atoms with E-state index < -0.39 is 0 Å². The summed E-state index contributed by atoms with van der Waals surface area (Å²) in [5.74, 6) is 1.48. The molecule has 3 N–H and O–H groups in total. The normalized spacial score (nSPS) is 14.8. The molecule has 2 unspecified atom stereocenters. The van der Waals surface area contributed by atoms with Crippen LogP contribution in [0, 0.1) is 12.8 Å². The van der Waals surface area contributed by atoms with Crippen molar-refractivity contribution in [2.45, 2.75) is 26.3 Å². The number of nitrogens with zero attached hydrogens (tertiary/aromatic N) is 2. The van der Waals surface area contributed by atoms with Crippen molar-refractivity contribution in [3.8, 4) is 0 Å². The number of fused-ring (bicyclic) bond motifs is 1. The Hall–Kier alpha value is -1.39. The molecule has 1 aromatic heterocycles. The van der Waals surface area contributed by atoms with E-state index in [0.29, 0.717) is 5.92 Å². The van der Waals surface area contributed by atoms with Gasteiger partial charge in [-0.2, -0.15) is 0 Å². The van der Waals surface area contributed by atoms with Gasteiger partial charge in [-0.15, -0.1) is 0 Å². The summed E-state index contributed by atoms with van der Waals surface area (Å²) in [7, 11) is 4.01. The van der Waals surface area contributed by atoms with Crippen LogP contribution in [0.2, 0.25) is 0 Å². The van der Waals surface area contributed by atoms with Gasteiger partial charge in [0, 0.05) is 13.1 Å². The number of imidazole rings is 1. The van der Waals surface area contributed by atoms with Gasteiger partial charge in [-0.3, -0.25) is 0 Å². The van der Waals surface area contributed by atoms with E-state index in [9.17, 15) is 0 Å². The maximum absolute atomic E-state index is 6.40. The molecule has 0 aliphatic rings. The van der Waals surface area contributed by atoms with Crippen molar-refractivity contribution in [3.63, 3.8) is 0 Å². The van der Waals surface area contributed by atoms with Crippen LogP contribution in [0.1, 0.15) is 30.8 Å². The highest BCUT2D eigenvalue weighted by Gasteiger charge is 2.18. The third kappa shape index (κ3) is 2.65. The van der Waals surface area contributed by atoms with Gasteiger partial charge in [0.05, 0.1) is 11.0 Å². The number of benzene rings is 1. The first kappa shape index (κ1) is 14.0. The minimum Gasteiger partial charge on any atom is -0.331 e. The van der Waals surface area contributed by atoms with Gasteiger partial charge < -0.3 is 15.6 Å². The number of nitrogens with two attached hydrogens (primary N) is 1. The average molecular weight is 260 g/mol. The maximum Gasteiger partial charge on any atom is 0.106 e. The highest BCUT2D eigenvalue weighted by Crippen LogP contribution is 2.25. The summed E-state index contributed by atoms with van der Waals surface area (Å²) < 4.78 is 2.11. The van der Waals surface area contributed by atoms with Crippen LogP contribution in [-0.4, -0.2) is 23.1 Å². The molecule has 104 valence electrons. The molecule has 0 fully saturated rings. The fraction of sp³-hybridized carbons (Fsp3) is 0.533. The van der Waals surface area contributed by atoms with E-state index in [1.54, 1.807) is 0 Å². The monoisotopic (exact) mass is 260 g/mol. The standard InChI is InChI=1S/C15H24N4/c1-5-11(9-17-3)15(16)12-6-7-14-13(8-12)18-10(2)19(14)4/h6-8,11,15,17H,5,9,16H2,1-4H3. The van der Waals surface area contributed by atoms with E-state index in [-0.39, 0.29) is 6.04 Å². The smallest absolute Gasteiger partial charge is 0.106 e. The summed E-state index contributed by atoms with van der Waals surface area (Å²) in [4.78, 5) is 4.58. The third-order valence-corrected chi connectivity index (χ3v) is 4.01. The number of rotatable bonds is 5. The molecule has 1 aromatic carbocycles. The second-order valence-corrected chi connectivity index (χ2v) is 5.22. The molecular weight excluding hydrogens is 236 g/mol. The van der Waals surface area contributed by atoms with Crippen LogP contribution >= 0.6 is 0 Å². The lowest BCUT2D eigenvalue weighted by molar-refractivity contribution is 0.403. The predicted octanol–water partition coefficient (Wildman–Crippen LogP) is 2.13. The third-order valence-electron chi connectivity index (χ3n) is 4.01. The Morgan fingerprint density at radius 1 is 1.42 bits per heavy atom. The Morgan fingerprint density at radius 2 is 2.16 bits per heavy atom. The second-order valence-electron chi connectivity index (χ2n) is 5.22. The van der Waals surface area contributed by atoms with Crippen LogP contribution < -0.4 is 11.1 Å². The summed E-state index contributed by atoms with van der Waals surface area (Å²) in [6.07, 6.45) is 1.07. The first-order valence-electron chi connectivity index (χ1n) is 6.91. The van der Waals surface area contributed by atoms with E-state index in [2.05, 4.69) is 40.0 Å². The minimum atomic E-state index is 0.0594. The van der Waals surface area contributed by atoms with E-state index >= 15 is 0 Å². The molecule has 0 amide bonds. The van der Waals surface area contributed by atoms with Gasteiger partial charge in [-0.1, -0.05) is 19.4 Å². The Kier molecular flexibility index (Phi) is 4.22. The van der Waals surface area contributed by atoms with Crippen molar-refractivity contribution in [1.82, 2.24) is 14.9 Å². The summed E-state index contributed by atoms with van der Waals surface area (Å²) >= 11 is 0. The number of hydrogen-bond acceptors (Lipinski definition) is 3. The molecule has 2 rings (SSSR count). The second kappa shape index (κ2) is 5.72. The number of aromatic nitrogens is 2. The van der Waals surface area contributed by atoms with E-state index in [1.165, 1.54) is 5.56 Å². The van der Waals surface area contributed by atoms with Gasteiger partial charge in [-0.05, 0) is 44.1 Å². The first-order valence-corrected chi connectivity index (χ1v) is 6.91. The molecule has 4 heteroatoms. The first-order chi connectivity index (χ1) is 9.08. The van der Waals surface area contributed by atoms with Crippen molar-refractivity contribution >= 4 is 11.0 Å². The Balaban J connectivity index is 2.34. The van der Waals surface area contributed by atoms with Crippen molar-refractivity contribution in [3.05, 3.63) is 29.6 Å². The fourth-order valence-corrected chi connectivity index (χ4v) is 2.60. The predicted molar refractivity (Wildman–Crippen MR) is 80.1 cm³/mol. The van der Waals surface area contributed by atoms with Crippen molar-refractivity contribution in [1.29, 1.82) is 0 Å². The largest absolute Gasteiger partial charge is 0.331 e. The highest BCUT2D eigenvalue weighted by molar-refractivity contribution is 5.76. The van der Waals surface area contributed by atoms with Gasteiger partial charge in [0.15, 0.2) is 0 Å². The lowest BCUT2D eigenvalue weighted by Crippen LogP contribution is -2.29. The van der Waals surface area contributed by atoms with E-state index in [0.717, 1.165) is 29.8 Å². The van der Waals surface area contributed by atoms with Crippen molar-refractivity contribution in [2.75, 3.05) is 13.6 Å². The van der Waals surface area contributed by atoms with Gasteiger partial charge in [0.2, 0.25) is 0 Å². The quantitative estimate of drug-likeness (QED) is 0.866.